The van der Waals surface area contributed by atoms with Gasteiger partial charge in [0.05, 0.1) is 16.8 Å². The molecule has 0 N–H and O–H groups in total. The first kappa shape index (κ1) is 16.3. The van der Waals surface area contributed by atoms with Crippen molar-refractivity contribution in [2.45, 2.75) is 45.1 Å². The molecule has 1 heterocycles. The molecule has 0 saturated carbocycles. The molecule has 1 fully saturated rings. The molecule has 3 rings (SSSR count). The zero-order valence-corrected chi connectivity index (χ0v) is 13.5. The number of hydrogen-bond acceptors (Lipinski definition) is 2. The van der Waals surface area contributed by atoms with E-state index >= 15 is 0 Å². The highest BCUT2D eigenvalue weighted by Gasteiger charge is 2.52. The molecule has 0 amide bonds. The SMILES string of the molecule is CC1(C)OB(c2cccc3cccc(C(F)(F)F)c23)OC1(C)C. The maximum absolute atomic E-state index is 13.4. The molecule has 0 aromatic heterocycles. The Morgan fingerprint density at radius 3 is 1.91 bits per heavy atom. The van der Waals surface area contributed by atoms with Crippen LogP contribution in [0.2, 0.25) is 0 Å². The summed E-state index contributed by atoms with van der Waals surface area (Å²) in [6.07, 6.45) is -4.43. The Labute approximate surface area is 133 Å². The standard InChI is InChI=1S/C17H18BF3O2/c1-15(2)16(3,4)23-18(22-15)13-10-6-8-11-7-5-9-12(14(11)13)17(19,20)21/h5-10H,1-4H3. The summed E-state index contributed by atoms with van der Waals surface area (Å²) >= 11 is 0. The lowest BCUT2D eigenvalue weighted by molar-refractivity contribution is -0.136. The predicted molar refractivity (Wildman–Crippen MR) is 84.7 cm³/mol. The Morgan fingerprint density at radius 1 is 0.870 bits per heavy atom. The summed E-state index contributed by atoms with van der Waals surface area (Å²) in [7, 11) is -0.827. The molecule has 0 unspecified atom stereocenters. The zero-order chi connectivity index (χ0) is 17.0. The third kappa shape index (κ3) is 2.64. The number of fused-ring (bicyclic) bond motifs is 1. The van der Waals surface area contributed by atoms with Crippen LogP contribution in [0.1, 0.15) is 33.3 Å². The smallest absolute Gasteiger partial charge is 0.399 e. The quantitative estimate of drug-likeness (QED) is 0.734. The van der Waals surface area contributed by atoms with Gasteiger partial charge in [-0.1, -0.05) is 30.3 Å². The van der Waals surface area contributed by atoms with Gasteiger partial charge in [-0.3, -0.25) is 0 Å². The van der Waals surface area contributed by atoms with Crippen LogP contribution in [0.3, 0.4) is 0 Å². The Balaban J connectivity index is 2.20. The molecular formula is C17H18BF3O2. The molecular weight excluding hydrogens is 304 g/mol. The van der Waals surface area contributed by atoms with E-state index in [-0.39, 0.29) is 5.39 Å². The molecule has 2 nitrogen and oxygen atoms in total. The number of rotatable bonds is 1. The molecule has 2 aromatic rings. The normalized spacial score (nSPS) is 20.2. The molecule has 1 saturated heterocycles. The predicted octanol–water partition coefficient (Wildman–Crippen LogP) is 4.16. The van der Waals surface area contributed by atoms with Gasteiger partial charge in [-0.2, -0.15) is 13.2 Å². The van der Waals surface area contributed by atoms with E-state index in [0.717, 1.165) is 6.07 Å². The lowest BCUT2D eigenvalue weighted by Crippen LogP contribution is -2.41. The molecule has 122 valence electrons. The van der Waals surface area contributed by atoms with Gasteiger partial charge in [-0.15, -0.1) is 0 Å². The van der Waals surface area contributed by atoms with Gasteiger partial charge in [0.15, 0.2) is 0 Å². The zero-order valence-electron chi connectivity index (χ0n) is 13.5. The molecule has 0 spiro atoms. The second kappa shape index (κ2) is 4.98. The Bertz CT molecular complexity index is 732. The van der Waals surface area contributed by atoms with Crippen molar-refractivity contribution in [3.63, 3.8) is 0 Å². The highest BCUT2D eigenvalue weighted by Crippen LogP contribution is 2.39. The van der Waals surface area contributed by atoms with Crippen LogP contribution >= 0.6 is 0 Å². The van der Waals surface area contributed by atoms with Crippen molar-refractivity contribution >= 4 is 23.4 Å². The van der Waals surface area contributed by atoms with Crippen molar-refractivity contribution in [3.05, 3.63) is 42.0 Å². The molecule has 0 bridgehead atoms. The van der Waals surface area contributed by atoms with Gasteiger partial charge in [0, 0.05) is 0 Å². The molecule has 1 aliphatic rings. The number of benzene rings is 2. The molecule has 0 atom stereocenters. The molecule has 23 heavy (non-hydrogen) atoms. The summed E-state index contributed by atoms with van der Waals surface area (Å²) in [5, 5.41) is 0.660. The van der Waals surface area contributed by atoms with Crippen LogP contribution in [0, 0.1) is 0 Å². The van der Waals surface area contributed by atoms with Crippen LogP contribution < -0.4 is 5.46 Å². The maximum Gasteiger partial charge on any atom is 0.495 e. The summed E-state index contributed by atoms with van der Waals surface area (Å²) in [6, 6.07) is 9.21. The highest BCUT2D eigenvalue weighted by atomic mass is 19.4. The van der Waals surface area contributed by atoms with Gasteiger partial charge in [-0.25, -0.2) is 0 Å². The van der Waals surface area contributed by atoms with Crippen molar-refractivity contribution in [2.24, 2.45) is 0 Å². The number of halogens is 3. The minimum atomic E-state index is -4.43. The Morgan fingerprint density at radius 2 is 1.39 bits per heavy atom. The van der Waals surface area contributed by atoms with Gasteiger partial charge in [0.25, 0.3) is 0 Å². The fourth-order valence-corrected chi connectivity index (χ4v) is 2.77. The van der Waals surface area contributed by atoms with E-state index in [1.54, 1.807) is 24.3 Å². The molecule has 6 heteroatoms. The highest BCUT2D eigenvalue weighted by molar-refractivity contribution is 6.65. The van der Waals surface area contributed by atoms with Crippen LogP contribution in [0.25, 0.3) is 10.8 Å². The summed E-state index contributed by atoms with van der Waals surface area (Å²) in [5.41, 5.74) is -1.46. The first-order valence-electron chi connectivity index (χ1n) is 7.47. The van der Waals surface area contributed by atoms with Gasteiger partial charge in [0.1, 0.15) is 0 Å². The first-order chi connectivity index (χ1) is 10.5. The van der Waals surface area contributed by atoms with Crippen molar-refractivity contribution in [3.8, 4) is 0 Å². The van der Waals surface area contributed by atoms with E-state index in [0.29, 0.717) is 10.8 Å². The van der Waals surface area contributed by atoms with E-state index in [1.165, 1.54) is 6.07 Å². The van der Waals surface area contributed by atoms with Crippen LogP contribution in [0.15, 0.2) is 36.4 Å². The topological polar surface area (TPSA) is 18.5 Å². The van der Waals surface area contributed by atoms with Gasteiger partial charge >= 0.3 is 13.3 Å². The summed E-state index contributed by atoms with van der Waals surface area (Å²) in [6.45, 7) is 7.51. The van der Waals surface area contributed by atoms with Crippen molar-refractivity contribution in [1.82, 2.24) is 0 Å². The third-order valence-electron chi connectivity index (χ3n) is 4.75. The minimum Gasteiger partial charge on any atom is -0.399 e. The average Bonchev–Trinajstić information content (AvgIpc) is 2.65. The largest absolute Gasteiger partial charge is 0.495 e. The van der Waals surface area contributed by atoms with Crippen LogP contribution in [-0.2, 0) is 15.5 Å². The van der Waals surface area contributed by atoms with Crippen molar-refractivity contribution < 1.29 is 22.5 Å². The van der Waals surface area contributed by atoms with Gasteiger partial charge < -0.3 is 9.31 Å². The lowest BCUT2D eigenvalue weighted by Gasteiger charge is -2.32. The van der Waals surface area contributed by atoms with Crippen LogP contribution in [0.5, 0.6) is 0 Å². The van der Waals surface area contributed by atoms with E-state index < -0.39 is 30.1 Å². The Kier molecular flexibility index (Phi) is 3.54. The van der Waals surface area contributed by atoms with Crippen LogP contribution in [0.4, 0.5) is 13.2 Å². The van der Waals surface area contributed by atoms with Crippen molar-refractivity contribution in [1.29, 1.82) is 0 Å². The summed E-state index contributed by atoms with van der Waals surface area (Å²) in [4.78, 5) is 0. The van der Waals surface area contributed by atoms with Gasteiger partial charge in [-0.05, 0) is 50.0 Å². The van der Waals surface area contributed by atoms with Crippen molar-refractivity contribution in [2.75, 3.05) is 0 Å². The number of hydrogen-bond donors (Lipinski definition) is 0. The second-order valence-corrected chi connectivity index (χ2v) is 6.84. The molecule has 2 aromatic carbocycles. The fourth-order valence-electron chi connectivity index (χ4n) is 2.77. The Hall–Kier alpha value is -1.53. The molecule has 1 aliphatic heterocycles. The second-order valence-electron chi connectivity index (χ2n) is 6.84. The monoisotopic (exact) mass is 322 g/mol. The third-order valence-corrected chi connectivity index (χ3v) is 4.75. The van der Waals surface area contributed by atoms with Crippen LogP contribution in [-0.4, -0.2) is 18.3 Å². The van der Waals surface area contributed by atoms with E-state index in [2.05, 4.69) is 0 Å². The van der Waals surface area contributed by atoms with E-state index in [4.69, 9.17) is 9.31 Å². The lowest BCUT2D eigenvalue weighted by atomic mass is 9.75. The fraction of sp³-hybridized carbons (Fsp3) is 0.412. The van der Waals surface area contributed by atoms with Gasteiger partial charge in [0.2, 0.25) is 0 Å². The number of alkyl halides is 3. The first-order valence-corrected chi connectivity index (χ1v) is 7.47. The maximum atomic E-state index is 13.4. The average molecular weight is 322 g/mol. The van der Waals surface area contributed by atoms with E-state index in [9.17, 15) is 13.2 Å². The summed E-state index contributed by atoms with van der Waals surface area (Å²) < 4.78 is 52.1. The molecule has 0 aliphatic carbocycles. The van der Waals surface area contributed by atoms with E-state index in [1.807, 2.05) is 27.7 Å². The molecule has 0 radical (unpaired) electrons. The minimum absolute atomic E-state index is 0.140. The summed E-state index contributed by atoms with van der Waals surface area (Å²) in [5.74, 6) is 0.